The van der Waals surface area contributed by atoms with Crippen LogP contribution in [0.15, 0.2) is 87.8 Å². The Morgan fingerprint density at radius 3 is 2.30 bits per heavy atom. The summed E-state index contributed by atoms with van der Waals surface area (Å²) in [6, 6.07) is 25.8. The minimum atomic E-state index is -0.141. The largest absolute Gasteiger partial charge is 0.455 e. The number of benzene rings is 3. The Hall–Kier alpha value is -3.11. The number of ether oxygens (including phenoxy) is 1. The Kier molecular flexibility index (Phi) is 6.45. The van der Waals surface area contributed by atoms with Gasteiger partial charge in [-0.1, -0.05) is 102 Å². The molecule has 1 saturated carbocycles. The second kappa shape index (κ2) is 9.80. The van der Waals surface area contributed by atoms with E-state index in [1.165, 1.54) is 6.42 Å². The van der Waals surface area contributed by atoms with Crippen molar-refractivity contribution in [3.63, 3.8) is 0 Å². The number of esters is 1. The van der Waals surface area contributed by atoms with Gasteiger partial charge < -0.3 is 9.15 Å². The molecule has 3 aromatic carbocycles. The summed E-state index contributed by atoms with van der Waals surface area (Å²) in [5.74, 6) is 1.12. The van der Waals surface area contributed by atoms with Gasteiger partial charge in [-0.3, -0.25) is 4.79 Å². The van der Waals surface area contributed by atoms with Crippen molar-refractivity contribution < 1.29 is 13.9 Å². The van der Waals surface area contributed by atoms with Crippen LogP contribution in [-0.4, -0.2) is 5.97 Å². The molecule has 1 fully saturated rings. The summed E-state index contributed by atoms with van der Waals surface area (Å²) in [6.07, 6.45) is 7.12. The molecule has 1 heterocycles. The highest BCUT2D eigenvalue weighted by atomic mass is 79.9. The number of carbonyl (C=O) groups excluding carboxylic acids is 1. The van der Waals surface area contributed by atoms with Crippen molar-refractivity contribution in [3.8, 4) is 11.3 Å². The summed E-state index contributed by atoms with van der Waals surface area (Å²) in [5, 5.41) is 0.957. The highest BCUT2D eigenvalue weighted by Crippen LogP contribution is 2.40. The molecule has 3 nitrogen and oxygen atoms in total. The van der Waals surface area contributed by atoms with E-state index in [1.807, 2.05) is 84.9 Å². The molecule has 0 N–H and O–H groups in total. The molecular formula is C29H25BrO3. The zero-order valence-corrected chi connectivity index (χ0v) is 19.9. The number of carbonyl (C=O) groups is 1. The van der Waals surface area contributed by atoms with E-state index < -0.39 is 0 Å². The first-order chi connectivity index (χ1) is 16.2. The molecule has 0 amide bonds. The Bertz CT molecular complexity index is 1280. The third-order valence-corrected chi connectivity index (χ3v) is 6.88. The number of furan rings is 1. The molecule has 5 rings (SSSR count). The molecule has 1 aromatic heterocycles. The Morgan fingerprint density at radius 1 is 0.879 bits per heavy atom. The molecule has 0 bridgehead atoms. The lowest BCUT2D eigenvalue weighted by atomic mass is 9.89. The van der Waals surface area contributed by atoms with E-state index >= 15 is 0 Å². The van der Waals surface area contributed by atoms with Gasteiger partial charge >= 0.3 is 5.97 Å². The average molecular weight is 501 g/mol. The monoisotopic (exact) mass is 500 g/mol. The summed E-state index contributed by atoms with van der Waals surface area (Å²) in [4.78, 5) is 13.1. The van der Waals surface area contributed by atoms with Crippen molar-refractivity contribution in [1.29, 1.82) is 0 Å². The van der Waals surface area contributed by atoms with Gasteiger partial charge in [-0.05, 0) is 31.1 Å². The van der Waals surface area contributed by atoms with Crippen LogP contribution in [0.1, 0.15) is 43.2 Å². The molecule has 0 atom stereocenters. The first kappa shape index (κ1) is 21.7. The molecule has 1 aliphatic rings. The fourth-order valence-corrected chi connectivity index (χ4v) is 5.07. The van der Waals surface area contributed by atoms with Gasteiger partial charge in [-0.25, -0.2) is 0 Å². The van der Waals surface area contributed by atoms with Gasteiger partial charge in [0.05, 0.1) is 5.92 Å². The predicted octanol–water partition coefficient (Wildman–Crippen LogP) is 8.48. The van der Waals surface area contributed by atoms with E-state index in [2.05, 4.69) is 15.9 Å². The van der Waals surface area contributed by atoms with Crippen LogP contribution < -0.4 is 0 Å². The second-order valence-electron chi connectivity index (χ2n) is 8.45. The van der Waals surface area contributed by atoms with Gasteiger partial charge in [-0.2, -0.15) is 0 Å². The lowest BCUT2D eigenvalue weighted by Crippen LogP contribution is -2.19. The van der Waals surface area contributed by atoms with E-state index in [0.717, 1.165) is 63.6 Å². The Morgan fingerprint density at radius 2 is 1.58 bits per heavy atom. The topological polar surface area (TPSA) is 39.4 Å². The third kappa shape index (κ3) is 4.67. The maximum atomic E-state index is 13.1. The van der Waals surface area contributed by atoms with Crippen LogP contribution in [0, 0.1) is 5.92 Å². The molecule has 0 saturated heterocycles. The average Bonchev–Trinajstić information content (AvgIpc) is 3.25. The van der Waals surface area contributed by atoms with Crippen LogP contribution in [0.5, 0.6) is 0 Å². The maximum Gasteiger partial charge on any atom is 0.314 e. The van der Waals surface area contributed by atoms with Gasteiger partial charge in [0.15, 0.2) is 0 Å². The zero-order valence-electron chi connectivity index (χ0n) is 18.3. The predicted molar refractivity (Wildman–Crippen MR) is 136 cm³/mol. The number of rotatable bonds is 5. The smallest absolute Gasteiger partial charge is 0.314 e. The number of hydrogen-bond acceptors (Lipinski definition) is 3. The molecule has 0 aliphatic heterocycles. The highest BCUT2D eigenvalue weighted by molar-refractivity contribution is 9.10. The SMILES string of the molecule is O=C(O/C(=C\c1c(-c2ccccc2)oc2cccc(Br)c12)c1ccccc1)C1CCCCC1. The van der Waals surface area contributed by atoms with Crippen LogP contribution in [0.25, 0.3) is 34.1 Å². The molecule has 0 radical (unpaired) electrons. The normalized spacial score (nSPS) is 15.0. The fraction of sp³-hybridized carbons (Fsp3) is 0.207. The zero-order chi connectivity index (χ0) is 22.6. The van der Waals surface area contributed by atoms with E-state index in [4.69, 9.17) is 9.15 Å². The summed E-state index contributed by atoms with van der Waals surface area (Å²) in [7, 11) is 0. The molecule has 33 heavy (non-hydrogen) atoms. The van der Waals surface area contributed by atoms with E-state index in [1.54, 1.807) is 0 Å². The van der Waals surface area contributed by atoms with Crippen molar-refractivity contribution in [2.24, 2.45) is 5.92 Å². The summed E-state index contributed by atoms with van der Waals surface area (Å²) in [5.41, 5.74) is 3.50. The van der Waals surface area contributed by atoms with Gasteiger partial charge in [0.1, 0.15) is 17.1 Å². The van der Waals surface area contributed by atoms with Gasteiger partial charge in [0, 0.05) is 26.5 Å². The fourth-order valence-electron chi connectivity index (χ4n) is 4.51. The van der Waals surface area contributed by atoms with Crippen molar-refractivity contribution in [2.75, 3.05) is 0 Å². The number of fused-ring (bicyclic) bond motifs is 1. The van der Waals surface area contributed by atoms with Gasteiger partial charge in [0.25, 0.3) is 0 Å². The lowest BCUT2D eigenvalue weighted by Gasteiger charge is -2.20. The molecule has 166 valence electrons. The maximum absolute atomic E-state index is 13.1. The van der Waals surface area contributed by atoms with E-state index in [0.29, 0.717) is 5.76 Å². The summed E-state index contributed by atoms with van der Waals surface area (Å²) >= 11 is 3.70. The van der Waals surface area contributed by atoms with Gasteiger partial charge in [0.2, 0.25) is 0 Å². The molecule has 1 aliphatic carbocycles. The van der Waals surface area contributed by atoms with E-state index in [9.17, 15) is 4.79 Å². The van der Waals surface area contributed by atoms with Crippen LogP contribution >= 0.6 is 15.9 Å². The molecule has 0 spiro atoms. The second-order valence-corrected chi connectivity index (χ2v) is 9.31. The van der Waals surface area contributed by atoms with Crippen LogP contribution in [0.3, 0.4) is 0 Å². The minimum Gasteiger partial charge on any atom is -0.455 e. The third-order valence-electron chi connectivity index (χ3n) is 6.22. The van der Waals surface area contributed by atoms with E-state index in [-0.39, 0.29) is 11.9 Å². The lowest BCUT2D eigenvalue weighted by molar-refractivity contribution is -0.142. The van der Waals surface area contributed by atoms with Gasteiger partial charge in [-0.15, -0.1) is 0 Å². The highest BCUT2D eigenvalue weighted by Gasteiger charge is 2.25. The van der Waals surface area contributed by atoms with Crippen LogP contribution in [-0.2, 0) is 9.53 Å². The first-order valence-electron chi connectivity index (χ1n) is 11.5. The molecule has 4 aromatic rings. The van der Waals surface area contributed by atoms with Crippen LogP contribution in [0.2, 0.25) is 0 Å². The number of hydrogen-bond donors (Lipinski definition) is 0. The van der Waals surface area contributed by atoms with Crippen molar-refractivity contribution in [1.82, 2.24) is 0 Å². The number of halogens is 1. The van der Waals surface area contributed by atoms with Crippen molar-refractivity contribution in [2.45, 2.75) is 32.1 Å². The quantitative estimate of drug-likeness (QED) is 0.203. The minimum absolute atomic E-state index is 0.0349. The molecule has 4 heteroatoms. The summed E-state index contributed by atoms with van der Waals surface area (Å²) < 4.78 is 13.3. The summed E-state index contributed by atoms with van der Waals surface area (Å²) in [6.45, 7) is 0. The van der Waals surface area contributed by atoms with Crippen molar-refractivity contribution in [3.05, 3.63) is 94.5 Å². The first-order valence-corrected chi connectivity index (χ1v) is 12.3. The van der Waals surface area contributed by atoms with Crippen molar-refractivity contribution >= 4 is 44.7 Å². The molecular weight excluding hydrogens is 476 g/mol. The molecule has 0 unspecified atom stereocenters. The van der Waals surface area contributed by atoms with Crippen LogP contribution in [0.4, 0.5) is 0 Å². The standard InChI is InChI=1S/C29H25BrO3/c30-24-17-10-18-25-27(24)23(28(32-25)21-13-6-2-7-14-21)19-26(20-11-4-1-5-12-20)33-29(31)22-15-8-3-9-16-22/h1-2,4-7,10-14,17-19,22H,3,8-9,15-16H2/b26-19-. The Labute approximate surface area is 202 Å². The Balaban J connectivity index is 1.66.